The molecule has 200 valence electrons. The maximum Gasteiger partial charge on any atom is 0.305 e. The van der Waals surface area contributed by atoms with Crippen molar-refractivity contribution in [1.82, 2.24) is 10.3 Å². The number of ether oxygens (including phenoxy) is 1. The van der Waals surface area contributed by atoms with E-state index in [-0.39, 0.29) is 17.5 Å². The molecule has 2 N–H and O–H groups in total. The van der Waals surface area contributed by atoms with Gasteiger partial charge in [0.25, 0.3) is 0 Å². The Kier molecular flexibility index (Phi) is 9.29. The summed E-state index contributed by atoms with van der Waals surface area (Å²) in [6, 6.07) is 7.40. The molecule has 0 saturated carbocycles. The van der Waals surface area contributed by atoms with Gasteiger partial charge in [-0.2, -0.15) is 8.78 Å². The molecule has 0 unspecified atom stereocenters. The summed E-state index contributed by atoms with van der Waals surface area (Å²) in [6.45, 7) is 0.168. The third-order valence-corrected chi connectivity index (χ3v) is 6.34. The number of aromatic nitrogens is 1. The maximum absolute atomic E-state index is 13.8. The quantitative estimate of drug-likeness (QED) is 0.196. The molecule has 2 atom stereocenters. The van der Waals surface area contributed by atoms with E-state index in [1.807, 2.05) is 30.3 Å². The number of nitrogens with zero attached hydrogens (tertiary/aromatic N) is 1. The summed E-state index contributed by atoms with van der Waals surface area (Å²) in [4.78, 5) is 53.7. The molecule has 0 fully saturated rings. The Hall–Kier alpha value is -4.13. The van der Waals surface area contributed by atoms with Gasteiger partial charge in [0, 0.05) is 24.6 Å². The van der Waals surface area contributed by atoms with Gasteiger partial charge in [-0.25, -0.2) is 13.8 Å². The van der Waals surface area contributed by atoms with Crippen molar-refractivity contribution in [3.8, 4) is 16.2 Å². The third kappa shape index (κ3) is 7.00. The molecule has 3 aromatic rings. The number of benzene rings is 2. The molecule has 38 heavy (non-hydrogen) atoms. The van der Waals surface area contributed by atoms with Crippen molar-refractivity contribution >= 4 is 34.8 Å². The van der Waals surface area contributed by atoms with Crippen molar-refractivity contribution in [1.29, 1.82) is 0 Å². The predicted octanol–water partition coefficient (Wildman–Crippen LogP) is 4.18. The fourth-order valence-electron chi connectivity index (χ4n) is 3.25. The first-order valence-electron chi connectivity index (χ1n) is 11.0. The van der Waals surface area contributed by atoms with Crippen LogP contribution in [0.2, 0.25) is 0 Å². The summed E-state index contributed by atoms with van der Waals surface area (Å²) < 4.78 is 58.8. The largest absolute Gasteiger partial charge is 0.481 e. The minimum absolute atomic E-state index is 0.0519. The first-order chi connectivity index (χ1) is 18.0. The van der Waals surface area contributed by atoms with Gasteiger partial charge in [-0.3, -0.25) is 19.2 Å². The number of hydrogen-bond donors (Lipinski definition) is 2. The van der Waals surface area contributed by atoms with Crippen LogP contribution in [0.4, 0.5) is 17.6 Å². The van der Waals surface area contributed by atoms with E-state index < -0.39 is 77.4 Å². The van der Waals surface area contributed by atoms with Crippen LogP contribution in [-0.4, -0.2) is 46.2 Å². The lowest BCUT2D eigenvalue weighted by molar-refractivity contribution is -0.140. The van der Waals surface area contributed by atoms with E-state index in [0.29, 0.717) is 0 Å². The Bertz CT molecular complexity index is 1340. The number of carboxylic acids is 1. The molecular formula is C25H20F4N2O6S. The van der Waals surface area contributed by atoms with Crippen LogP contribution in [0.25, 0.3) is 10.4 Å². The van der Waals surface area contributed by atoms with Crippen molar-refractivity contribution < 1.29 is 46.6 Å². The first-order valence-corrected chi connectivity index (χ1v) is 11.8. The van der Waals surface area contributed by atoms with Gasteiger partial charge in [0.05, 0.1) is 11.3 Å². The Balaban J connectivity index is 1.63. The summed E-state index contributed by atoms with van der Waals surface area (Å²) in [5, 5.41) is 11.4. The monoisotopic (exact) mass is 552 g/mol. The lowest BCUT2D eigenvalue weighted by Crippen LogP contribution is -2.46. The number of carbonyl (C=O) groups excluding carboxylic acids is 3. The van der Waals surface area contributed by atoms with E-state index in [0.717, 1.165) is 21.8 Å². The number of Topliss-reactive ketones (excluding diaryl/α,β-unsaturated/α-hetero) is 2. The second-order valence-electron chi connectivity index (χ2n) is 8.14. The van der Waals surface area contributed by atoms with Gasteiger partial charge in [-0.1, -0.05) is 37.3 Å². The fourth-order valence-corrected chi connectivity index (χ4v) is 4.12. The van der Waals surface area contributed by atoms with E-state index in [4.69, 9.17) is 5.11 Å². The molecule has 0 aliphatic carbocycles. The highest BCUT2D eigenvalue weighted by atomic mass is 32.1. The zero-order valence-corrected chi connectivity index (χ0v) is 20.5. The van der Waals surface area contributed by atoms with Gasteiger partial charge in [-0.05, 0) is 5.56 Å². The number of nitrogens with one attached hydrogen (secondary N) is 1. The van der Waals surface area contributed by atoms with Crippen molar-refractivity contribution in [3.63, 3.8) is 0 Å². The Morgan fingerprint density at radius 3 is 2.26 bits per heavy atom. The zero-order valence-electron chi connectivity index (χ0n) is 19.7. The third-order valence-electron chi connectivity index (χ3n) is 5.26. The molecular weight excluding hydrogens is 532 g/mol. The number of hydrogen-bond acceptors (Lipinski definition) is 7. The lowest BCUT2D eigenvalue weighted by atomic mass is 10.0. The van der Waals surface area contributed by atoms with E-state index >= 15 is 0 Å². The molecule has 0 spiro atoms. The minimum atomic E-state index is -1.89. The number of amides is 1. The molecule has 2 aromatic carbocycles. The second-order valence-corrected chi connectivity index (χ2v) is 9.17. The molecule has 1 amide bonds. The summed E-state index contributed by atoms with van der Waals surface area (Å²) in [7, 11) is 0. The van der Waals surface area contributed by atoms with Crippen molar-refractivity contribution in [2.45, 2.75) is 25.8 Å². The van der Waals surface area contributed by atoms with Gasteiger partial charge in [0.1, 0.15) is 12.6 Å². The van der Waals surface area contributed by atoms with Crippen LogP contribution in [0, 0.1) is 29.2 Å². The normalized spacial score (nSPS) is 12.4. The number of carboxylic acid groups (broad SMARTS) is 1. The highest BCUT2D eigenvalue weighted by molar-refractivity contribution is 7.17. The highest BCUT2D eigenvalue weighted by Crippen LogP contribution is 2.28. The summed E-state index contributed by atoms with van der Waals surface area (Å²) >= 11 is 1.13. The summed E-state index contributed by atoms with van der Waals surface area (Å²) in [6.07, 6.45) is 0.288. The smallest absolute Gasteiger partial charge is 0.305 e. The number of thiazole rings is 1. The predicted molar refractivity (Wildman–Crippen MR) is 127 cm³/mol. The standard InChI is InChI=1S/C25H20F4N2O6S/c1-12(7-17(32)25-30-10-19(38-25)13-5-3-2-4-6-13)24(36)31-16(9-20(34)35)18(33)11-37-23-21(28)14(26)8-15(27)22(23)29/h2-6,8,10,12,16H,7,9,11H2,1H3,(H,31,36)(H,34,35)/t12-,16+/m1/s1. The van der Waals surface area contributed by atoms with Crippen molar-refractivity contribution in [3.05, 3.63) is 70.9 Å². The van der Waals surface area contributed by atoms with E-state index in [1.54, 1.807) is 0 Å². The average molecular weight is 553 g/mol. The van der Waals surface area contributed by atoms with Gasteiger partial charge in [0.2, 0.25) is 17.5 Å². The fraction of sp³-hybridized carbons (Fsp3) is 0.240. The molecule has 0 bridgehead atoms. The molecule has 0 radical (unpaired) electrons. The Morgan fingerprint density at radius 2 is 1.66 bits per heavy atom. The van der Waals surface area contributed by atoms with Gasteiger partial charge in [0.15, 0.2) is 34.0 Å². The van der Waals surface area contributed by atoms with Gasteiger partial charge < -0.3 is 15.2 Å². The van der Waals surface area contributed by atoms with Crippen LogP contribution in [-0.2, 0) is 14.4 Å². The molecule has 1 aromatic heterocycles. The SMILES string of the molecule is C[C@H](CC(=O)c1ncc(-c2ccccc2)s1)C(=O)N[C@@H](CC(=O)O)C(=O)COc1c(F)c(F)cc(F)c1F. The maximum atomic E-state index is 13.8. The van der Waals surface area contributed by atoms with Gasteiger partial charge in [-0.15, -0.1) is 11.3 Å². The Labute approximate surface area is 217 Å². The number of aliphatic carboxylic acids is 1. The second kappa shape index (κ2) is 12.4. The van der Waals surface area contributed by atoms with Crippen LogP contribution < -0.4 is 10.1 Å². The lowest BCUT2D eigenvalue weighted by Gasteiger charge is -2.19. The zero-order chi connectivity index (χ0) is 28.0. The molecule has 3 rings (SSSR count). The molecule has 8 nitrogen and oxygen atoms in total. The van der Waals surface area contributed by atoms with Crippen LogP contribution in [0.15, 0.2) is 42.6 Å². The molecule has 1 heterocycles. The molecule has 0 aliphatic heterocycles. The number of carbonyl (C=O) groups is 4. The van der Waals surface area contributed by atoms with Crippen LogP contribution in [0.3, 0.4) is 0 Å². The van der Waals surface area contributed by atoms with Crippen molar-refractivity contribution in [2.24, 2.45) is 5.92 Å². The van der Waals surface area contributed by atoms with Crippen LogP contribution in [0.5, 0.6) is 5.75 Å². The summed E-state index contributed by atoms with van der Waals surface area (Å²) in [5.74, 6) is -13.8. The highest BCUT2D eigenvalue weighted by Gasteiger charge is 2.29. The molecule has 13 heteroatoms. The topological polar surface area (TPSA) is 123 Å². The van der Waals surface area contributed by atoms with E-state index in [1.165, 1.54) is 13.1 Å². The number of halogens is 4. The Morgan fingerprint density at radius 1 is 1.03 bits per heavy atom. The minimum Gasteiger partial charge on any atom is -0.481 e. The van der Waals surface area contributed by atoms with Crippen LogP contribution >= 0.6 is 11.3 Å². The number of rotatable bonds is 12. The number of ketones is 2. The van der Waals surface area contributed by atoms with Crippen molar-refractivity contribution in [2.75, 3.05) is 6.61 Å². The molecule has 0 aliphatic rings. The van der Waals surface area contributed by atoms with Gasteiger partial charge >= 0.3 is 5.97 Å². The first kappa shape index (κ1) is 28.4. The molecule has 0 saturated heterocycles. The van der Waals surface area contributed by atoms with E-state index in [2.05, 4.69) is 15.0 Å². The van der Waals surface area contributed by atoms with Crippen LogP contribution in [0.1, 0.15) is 29.6 Å². The average Bonchev–Trinajstić information content (AvgIpc) is 3.38. The van der Waals surface area contributed by atoms with E-state index in [9.17, 15) is 36.7 Å². The summed E-state index contributed by atoms with van der Waals surface area (Å²) in [5.41, 5.74) is 0.854.